The number of alkyl halides is 3. The molecule has 0 amide bonds. The van der Waals surface area contributed by atoms with Crippen LogP contribution in [0.1, 0.15) is 38.8 Å². The highest BCUT2D eigenvalue weighted by Gasteiger charge is 2.31. The lowest BCUT2D eigenvalue weighted by Gasteiger charge is -2.15. The van der Waals surface area contributed by atoms with E-state index < -0.39 is 27.5 Å². The molecule has 0 N–H and O–H groups in total. The molecule has 7 heteroatoms. The minimum atomic E-state index is -4.43. The maximum absolute atomic E-state index is 12.7. The lowest BCUT2D eigenvalue weighted by Crippen LogP contribution is -2.20. The van der Waals surface area contributed by atoms with Gasteiger partial charge in [-0.2, -0.15) is 17.6 Å². The molecule has 0 aliphatic carbocycles. The number of hydrogen-bond acceptors (Lipinski definition) is 1. The highest BCUT2D eigenvalue weighted by Crippen LogP contribution is 2.32. The molecule has 0 radical (unpaired) electrons. The molecule has 0 unspecified atom stereocenters. The molecular weight excluding hydrogens is 355 g/mol. The molecule has 0 fully saturated rings. The zero-order valence-electron chi connectivity index (χ0n) is 11.5. The fourth-order valence-electron chi connectivity index (χ4n) is 1.28. The van der Waals surface area contributed by atoms with E-state index in [1.807, 2.05) is 0 Å². The van der Waals surface area contributed by atoms with Crippen LogP contribution < -0.4 is 0 Å². The van der Waals surface area contributed by atoms with Crippen LogP contribution >= 0.6 is 15.9 Å². The monoisotopic (exact) mass is 369 g/mol. The number of halogens is 4. The molecule has 20 heavy (non-hydrogen) atoms. The van der Waals surface area contributed by atoms with Gasteiger partial charge in [-0.15, -0.1) is 0 Å². The van der Waals surface area contributed by atoms with Gasteiger partial charge in [0.1, 0.15) is 11.0 Å². The molecule has 0 aliphatic rings. The maximum Gasteiger partial charge on any atom is 0.416 e. The summed E-state index contributed by atoms with van der Waals surface area (Å²) in [6.45, 7) is 6.80. The van der Waals surface area contributed by atoms with E-state index in [1.54, 1.807) is 27.7 Å². The predicted octanol–water partition coefficient (Wildman–Crippen LogP) is 4.74. The third kappa shape index (κ3) is 4.70. The van der Waals surface area contributed by atoms with Crippen LogP contribution in [0.5, 0.6) is 0 Å². The van der Waals surface area contributed by atoms with Gasteiger partial charge in [-0.1, -0.05) is 15.9 Å². The molecule has 1 atom stereocenters. The number of benzene rings is 1. The lowest BCUT2D eigenvalue weighted by molar-refractivity contribution is -0.137. The Hall–Kier alpha value is -0.690. The van der Waals surface area contributed by atoms with Crippen molar-refractivity contribution in [3.63, 3.8) is 0 Å². The van der Waals surface area contributed by atoms with Gasteiger partial charge in [-0.05, 0) is 51.5 Å². The van der Waals surface area contributed by atoms with Gasteiger partial charge >= 0.3 is 6.18 Å². The Balaban J connectivity index is 3.24. The average molecular weight is 370 g/mol. The van der Waals surface area contributed by atoms with Gasteiger partial charge in [0.25, 0.3) is 0 Å². The van der Waals surface area contributed by atoms with Crippen molar-refractivity contribution in [3.8, 4) is 0 Å². The molecule has 0 saturated heterocycles. The van der Waals surface area contributed by atoms with Crippen molar-refractivity contribution >= 4 is 32.6 Å². The van der Waals surface area contributed by atoms with E-state index in [-0.39, 0.29) is 0 Å². The summed E-state index contributed by atoms with van der Waals surface area (Å²) in [5.74, 6) is 0. The van der Waals surface area contributed by atoms with E-state index in [0.29, 0.717) is 15.7 Å². The van der Waals surface area contributed by atoms with Crippen LogP contribution in [0.4, 0.5) is 13.2 Å². The number of rotatable bonds is 2. The Kier molecular flexibility index (Phi) is 5.18. The molecule has 1 aromatic carbocycles. The molecule has 1 aromatic rings. The van der Waals surface area contributed by atoms with E-state index in [4.69, 9.17) is 0 Å². The molecule has 0 heterocycles. The summed E-state index contributed by atoms with van der Waals surface area (Å²) < 4.78 is 53.9. The topological polar surface area (TPSA) is 29.4 Å². The number of nitrogens with zero attached hydrogens (tertiary/aromatic N) is 1. The third-order valence-corrected chi connectivity index (χ3v) is 4.33. The van der Waals surface area contributed by atoms with E-state index in [2.05, 4.69) is 20.3 Å². The summed E-state index contributed by atoms with van der Waals surface area (Å²) in [5, 5.41) is 0. The highest BCUT2D eigenvalue weighted by atomic mass is 79.9. The van der Waals surface area contributed by atoms with Crippen LogP contribution in [-0.4, -0.2) is 14.7 Å². The van der Waals surface area contributed by atoms with Crippen LogP contribution in [0, 0.1) is 0 Å². The van der Waals surface area contributed by atoms with E-state index in [1.165, 1.54) is 6.07 Å². The second-order valence-electron chi connectivity index (χ2n) is 5.26. The summed E-state index contributed by atoms with van der Waals surface area (Å²) in [7, 11) is -1.51. The van der Waals surface area contributed by atoms with Crippen molar-refractivity contribution in [2.45, 2.75) is 38.6 Å². The van der Waals surface area contributed by atoms with Crippen molar-refractivity contribution < 1.29 is 17.4 Å². The molecule has 2 nitrogen and oxygen atoms in total. The second kappa shape index (κ2) is 5.97. The standard InChI is InChI=1S/C13H15BrF3NOS/c1-8(18-20(19)12(2,3)4)9-5-10(13(15,16)17)7-11(14)6-9/h5-7H,1-4H3/b18-8+/t20-/m1/s1. The minimum absolute atomic E-state index is 0.296. The zero-order valence-corrected chi connectivity index (χ0v) is 13.9. The Morgan fingerprint density at radius 2 is 1.75 bits per heavy atom. The van der Waals surface area contributed by atoms with Gasteiger partial charge in [0.2, 0.25) is 0 Å². The average Bonchev–Trinajstić information content (AvgIpc) is 2.25. The smallest absolute Gasteiger partial charge is 0.234 e. The Labute approximate surface area is 127 Å². The van der Waals surface area contributed by atoms with Crippen LogP contribution in [0.15, 0.2) is 27.1 Å². The number of hydrogen-bond donors (Lipinski definition) is 0. The van der Waals surface area contributed by atoms with Crippen molar-refractivity contribution in [1.82, 2.24) is 0 Å². The molecule has 112 valence electrons. The Morgan fingerprint density at radius 1 is 1.20 bits per heavy atom. The third-order valence-electron chi connectivity index (χ3n) is 2.39. The van der Waals surface area contributed by atoms with Gasteiger partial charge in [0.15, 0.2) is 0 Å². The van der Waals surface area contributed by atoms with Gasteiger partial charge < -0.3 is 0 Å². The largest absolute Gasteiger partial charge is 0.416 e. The first-order valence-corrected chi connectivity index (χ1v) is 7.66. The highest BCUT2D eigenvalue weighted by molar-refractivity contribution is 9.10. The summed E-state index contributed by atoms with van der Waals surface area (Å²) in [5.41, 5.74) is -0.160. The SMILES string of the molecule is C/C(=N\[S@](=O)C(C)(C)C)c1cc(Br)cc(C(F)(F)F)c1. The molecule has 0 saturated carbocycles. The van der Waals surface area contributed by atoms with Gasteiger partial charge in [-0.3, -0.25) is 0 Å². The van der Waals surface area contributed by atoms with E-state index in [0.717, 1.165) is 12.1 Å². The van der Waals surface area contributed by atoms with Crippen molar-refractivity contribution in [3.05, 3.63) is 33.8 Å². The lowest BCUT2D eigenvalue weighted by atomic mass is 10.1. The summed E-state index contributed by atoms with van der Waals surface area (Å²) in [4.78, 5) is 0. The molecule has 0 bridgehead atoms. The molecule has 1 rings (SSSR count). The predicted molar refractivity (Wildman–Crippen MR) is 79.3 cm³/mol. The normalized spacial score (nSPS) is 15.3. The fourth-order valence-corrected chi connectivity index (χ4v) is 2.40. The van der Waals surface area contributed by atoms with Crippen molar-refractivity contribution in [2.24, 2.45) is 4.40 Å². The molecule has 0 spiro atoms. The first-order valence-electron chi connectivity index (χ1n) is 5.76. The van der Waals surface area contributed by atoms with Crippen LogP contribution in [0.3, 0.4) is 0 Å². The summed E-state index contributed by atoms with van der Waals surface area (Å²) >= 11 is 3.05. The Bertz CT molecular complexity index is 562. The molecular formula is C13H15BrF3NOS. The quantitative estimate of drug-likeness (QED) is 0.692. The van der Waals surface area contributed by atoms with Crippen molar-refractivity contribution in [1.29, 1.82) is 0 Å². The Morgan fingerprint density at radius 3 is 2.20 bits per heavy atom. The summed E-state index contributed by atoms with van der Waals surface area (Å²) in [6, 6.07) is 3.52. The van der Waals surface area contributed by atoms with Gasteiger partial charge in [0.05, 0.1) is 16.0 Å². The summed E-state index contributed by atoms with van der Waals surface area (Å²) in [6.07, 6.45) is -4.43. The molecule has 0 aliphatic heterocycles. The first kappa shape index (κ1) is 17.4. The second-order valence-corrected chi connectivity index (χ2v) is 8.09. The van der Waals surface area contributed by atoms with E-state index in [9.17, 15) is 17.4 Å². The zero-order chi connectivity index (χ0) is 15.7. The van der Waals surface area contributed by atoms with Gasteiger partial charge in [-0.25, -0.2) is 4.21 Å². The minimum Gasteiger partial charge on any atom is -0.234 e. The first-order chi connectivity index (χ1) is 8.91. The fraction of sp³-hybridized carbons (Fsp3) is 0.462. The van der Waals surface area contributed by atoms with Gasteiger partial charge in [0, 0.05) is 4.47 Å². The van der Waals surface area contributed by atoms with Crippen molar-refractivity contribution in [2.75, 3.05) is 0 Å². The van der Waals surface area contributed by atoms with Crippen LogP contribution in [0.25, 0.3) is 0 Å². The van der Waals surface area contributed by atoms with E-state index >= 15 is 0 Å². The maximum atomic E-state index is 12.7. The van der Waals surface area contributed by atoms with Crippen LogP contribution in [0.2, 0.25) is 0 Å². The molecule has 0 aromatic heterocycles. The van der Waals surface area contributed by atoms with Crippen LogP contribution in [-0.2, 0) is 17.2 Å².